The number of primary amides is 1. The lowest BCUT2D eigenvalue weighted by Crippen LogP contribution is -2.40. The Kier molecular flexibility index (Phi) is 7.11. The number of nitrogens with one attached hydrogen (secondary N) is 1. The van der Waals surface area contributed by atoms with Crippen molar-refractivity contribution in [2.24, 2.45) is 12.8 Å². The summed E-state index contributed by atoms with van der Waals surface area (Å²) < 4.78 is 7.99. The van der Waals surface area contributed by atoms with E-state index in [9.17, 15) is 4.79 Å². The molecular formula is C31H31N7O2. The average Bonchev–Trinajstić information content (AvgIpc) is 3.60. The number of hydrogen-bond acceptors (Lipinski definition) is 7. The first-order valence-corrected chi connectivity index (χ1v) is 13.4. The smallest absolute Gasteiger partial charge is 0.234 e. The molecule has 0 saturated carbocycles. The van der Waals surface area contributed by atoms with Crippen molar-refractivity contribution in [3.63, 3.8) is 0 Å². The lowest BCUT2D eigenvalue weighted by molar-refractivity contribution is -0.122. The second-order valence-electron chi connectivity index (χ2n) is 10.0. The maximum absolute atomic E-state index is 11.8. The number of hydrogen-bond donors (Lipinski definition) is 2. The number of nitrogens with zero attached hydrogens (tertiary/aromatic N) is 5. The summed E-state index contributed by atoms with van der Waals surface area (Å²) in [7, 11) is 2.00. The van der Waals surface area contributed by atoms with Crippen molar-refractivity contribution in [1.29, 1.82) is 0 Å². The van der Waals surface area contributed by atoms with Gasteiger partial charge in [-0.2, -0.15) is 0 Å². The molecule has 40 heavy (non-hydrogen) atoms. The van der Waals surface area contributed by atoms with E-state index >= 15 is 0 Å². The number of carbonyl (C=O) groups excluding carboxylic acids is 1. The summed E-state index contributed by atoms with van der Waals surface area (Å²) >= 11 is 0. The summed E-state index contributed by atoms with van der Waals surface area (Å²) in [5.41, 5.74) is 10.4. The third-order valence-corrected chi connectivity index (χ3v) is 7.40. The van der Waals surface area contributed by atoms with Crippen LogP contribution >= 0.6 is 0 Å². The van der Waals surface area contributed by atoms with Gasteiger partial charge < -0.3 is 20.4 Å². The van der Waals surface area contributed by atoms with E-state index in [4.69, 9.17) is 15.5 Å². The molecule has 1 fully saturated rings. The Hall–Kier alpha value is -4.76. The van der Waals surface area contributed by atoms with Crippen LogP contribution in [0.1, 0.15) is 24.1 Å². The zero-order chi connectivity index (χ0) is 27.5. The van der Waals surface area contributed by atoms with Crippen LogP contribution in [0.25, 0.3) is 22.3 Å². The van der Waals surface area contributed by atoms with Gasteiger partial charge in [0.15, 0.2) is 0 Å². The van der Waals surface area contributed by atoms with E-state index in [0.717, 1.165) is 64.4 Å². The summed E-state index contributed by atoms with van der Waals surface area (Å²) in [6.45, 7) is 2.01. The first-order chi connectivity index (χ1) is 19.5. The van der Waals surface area contributed by atoms with Crippen LogP contribution in [0.5, 0.6) is 5.75 Å². The fraction of sp³-hybridized carbons (Fsp3) is 0.226. The third-order valence-electron chi connectivity index (χ3n) is 7.40. The minimum Gasteiger partial charge on any atom is -0.489 e. The standard InChI is InChI=1S/C31H31N7O2/c1-37-24(18-38-15-5-8-28(38)29(32)39)17-33-31(37)22-9-14-27-26(16-22)30(35-20-34-27)36-23-10-12-25(13-11-23)40-19-21-6-3-2-4-7-21/h2-4,6-7,9-14,16-17,20,28H,5,8,15,18-19H2,1H3,(H2,32,39)(H,34,35,36)/t28-/m0/s1. The minimum atomic E-state index is -0.260. The molecule has 9 heteroatoms. The molecule has 1 saturated heterocycles. The quantitative estimate of drug-likeness (QED) is 0.280. The van der Waals surface area contributed by atoms with Crippen LogP contribution in [0.4, 0.5) is 11.5 Å². The molecular weight excluding hydrogens is 502 g/mol. The first-order valence-electron chi connectivity index (χ1n) is 13.4. The number of fused-ring (bicyclic) bond motifs is 1. The van der Waals surface area contributed by atoms with Crippen LogP contribution in [0.3, 0.4) is 0 Å². The van der Waals surface area contributed by atoms with Crippen LogP contribution in [-0.2, 0) is 25.0 Å². The molecule has 202 valence electrons. The molecule has 0 aliphatic carbocycles. The van der Waals surface area contributed by atoms with E-state index in [-0.39, 0.29) is 11.9 Å². The Morgan fingerprint density at radius 3 is 2.67 bits per heavy atom. The predicted molar refractivity (Wildman–Crippen MR) is 155 cm³/mol. The molecule has 0 unspecified atom stereocenters. The number of benzene rings is 3. The van der Waals surface area contributed by atoms with Crippen molar-refractivity contribution in [2.45, 2.75) is 32.0 Å². The molecule has 3 aromatic carbocycles. The number of anilines is 2. The number of rotatable bonds is 9. The molecule has 5 aromatic rings. The van der Waals surface area contributed by atoms with Crippen molar-refractivity contribution in [1.82, 2.24) is 24.4 Å². The van der Waals surface area contributed by atoms with Crippen LogP contribution in [0, 0.1) is 0 Å². The zero-order valence-electron chi connectivity index (χ0n) is 22.3. The van der Waals surface area contributed by atoms with Gasteiger partial charge in [-0.1, -0.05) is 30.3 Å². The zero-order valence-corrected chi connectivity index (χ0v) is 22.3. The van der Waals surface area contributed by atoms with E-state index in [0.29, 0.717) is 19.0 Å². The number of nitrogens with two attached hydrogens (primary N) is 1. The van der Waals surface area contributed by atoms with E-state index in [1.54, 1.807) is 6.33 Å². The second kappa shape index (κ2) is 11.2. The maximum atomic E-state index is 11.8. The van der Waals surface area contributed by atoms with Gasteiger partial charge in [-0.05, 0) is 67.4 Å². The van der Waals surface area contributed by atoms with Crippen LogP contribution in [0.15, 0.2) is 85.3 Å². The molecule has 9 nitrogen and oxygen atoms in total. The fourth-order valence-corrected chi connectivity index (χ4v) is 5.21. The van der Waals surface area contributed by atoms with Crippen molar-refractivity contribution in [3.8, 4) is 17.1 Å². The normalized spacial score (nSPS) is 15.4. The number of carbonyl (C=O) groups is 1. The van der Waals surface area contributed by atoms with Crippen LogP contribution < -0.4 is 15.8 Å². The first kappa shape index (κ1) is 25.5. The highest BCUT2D eigenvalue weighted by Crippen LogP contribution is 2.29. The van der Waals surface area contributed by atoms with Gasteiger partial charge in [0.05, 0.1) is 23.4 Å². The van der Waals surface area contributed by atoms with Gasteiger partial charge in [0.25, 0.3) is 0 Å². The molecule has 3 heterocycles. The van der Waals surface area contributed by atoms with Gasteiger partial charge in [0, 0.05) is 30.2 Å². The van der Waals surface area contributed by atoms with Gasteiger partial charge in [0.1, 0.15) is 30.3 Å². The Labute approximate surface area is 232 Å². The van der Waals surface area contributed by atoms with Gasteiger partial charge in [-0.25, -0.2) is 15.0 Å². The van der Waals surface area contributed by atoms with Gasteiger partial charge in [0.2, 0.25) is 5.91 Å². The largest absolute Gasteiger partial charge is 0.489 e. The highest BCUT2D eigenvalue weighted by molar-refractivity contribution is 5.93. The highest BCUT2D eigenvalue weighted by Gasteiger charge is 2.29. The molecule has 1 amide bonds. The molecule has 1 aliphatic rings. The monoisotopic (exact) mass is 533 g/mol. The molecule has 2 aromatic heterocycles. The highest BCUT2D eigenvalue weighted by atomic mass is 16.5. The van der Waals surface area contributed by atoms with Crippen LogP contribution in [-0.4, -0.2) is 42.9 Å². The van der Waals surface area contributed by atoms with Crippen molar-refractivity contribution >= 4 is 28.3 Å². The fourth-order valence-electron chi connectivity index (χ4n) is 5.21. The second-order valence-corrected chi connectivity index (χ2v) is 10.0. The minimum absolute atomic E-state index is 0.214. The van der Waals surface area contributed by atoms with Crippen LogP contribution in [0.2, 0.25) is 0 Å². The lowest BCUT2D eigenvalue weighted by Gasteiger charge is -2.21. The molecule has 0 bridgehead atoms. The summed E-state index contributed by atoms with van der Waals surface area (Å²) in [4.78, 5) is 27.7. The van der Waals surface area contributed by atoms with Crippen molar-refractivity contribution in [3.05, 3.63) is 96.6 Å². The summed E-state index contributed by atoms with van der Waals surface area (Å²) in [6, 6.07) is 23.8. The number of aromatic nitrogens is 4. The van der Waals surface area contributed by atoms with Crippen molar-refractivity contribution < 1.29 is 9.53 Å². The topological polar surface area (TPSA) is 111 Å². The maximum Gasteiger partial charge on any atom is 0.234 e. The number of likely N-dealkylation sites (tertiary alicyclic amines) is 1. The molecule has 1 aliphatic heterocycles. The Morgan fingerprint density at radius 1 is 1.05 bits per heavy atom. The van der Waals surface area contributed by atoms with E-state index < -0.39 is 0 Å². The molecule has 3 N–H and O–H groups in total. The molecule has 0 radical (unpaired) electrons. The molecule has 1 atom stereocenters. The Bertz CT molecular complexity index is 1630. The average molecular weight is 534 g/mol. The van der Waals surface area contributed by atoms with Crippen molar-refractivity contribution in [2.75, 3.05) is 11.9 Å². The molecule has 0 spiro atoms. The number of imidazole rings is 1. The molecule has 6 rings (SSSR count). The number of amides is 1. The summed E-state index contributed by atoms with van der Waals surface area (Å²) in [5.74, 6) is 2.08. The van der Waals surface area contributed by atoms with E-state index in [1.165, 1.54) is 0 Å². The third kappa shape index (κ3) is 5.37. The number of ether oxygens (including phenoxy) is 1. The summed E-state index contributed by atoms with van der Waals surface area (Å²) in [6.07, 6.45) is 5.22. The van der Waals surface area contributed by atoms with E-state index in [2.05, 4.69) is 30.8 Å². The van der Waals surface area contributed by atoms with Gasteiger partial charge in [-0.15, -0.1) is 0 Å². The Morgan fingerprint density at radius 2 is 1.88 bits per heavy atom. The Balaban J connectivity index is 1.20. The lowest BCUT2D eigenvalue weighted by atomic mass is 10.1. The predicted octanol–water partition coefficient (Wildman–Crippen LogP) is 4.80. The van der Waals surface area contributed by atoms with Gasteiger partial charge in [-0.3, -0.25) is 9.69 Å². The SMILES string of the molecule is Cn1c(CN2CCC[C@H]2C(N)=O)cnc1-c1ccc2ncnc(Nc3ccc(OCc4ccccc4)cc3)c2c1. The summed E-state index contributed by atoms with van der Waals surface area (Å²) in [5, 5.41) is 4.32. The van der Waals surface area contributed by atoms with Gasteiger partial charge >= 0.3 is 0 Å². The van der Waals surface area contributed by atoms with E-state index in [1.807, 2.05) is 80.0 Å².